The molecule has 0 aliphatic carbocycles. The normalized spacial score (nSPS) is 13.8. The van der Waals surface area contributed by atoms with E-state index in [1.165, 1.54) is 18.5 Å². The van der Waals surface area contributed by atoms with Crippen molar-refractivity contribution in [2.75, 3.05) is 30.4 Å². The summed E-state index contributed by atoms with van der Waals surface area (Å²) < 4.78 is 5.19. The summed E-state index contributed by atoms with van der Waals surface area (Å²) >= 11 is 7.77. The summed E-state index contributed by atoms with van der Waals surface area (Å²) in [5.41, 5.74) is 4.30. The number of thiazole rings is 1. The molecule has 1 saturated heterocycles. The zero-order valence-corrected chi connectivity index (χ0v) is 16.1. The Hall–Kier alpha value is -2.24. The van der Waals surface area contributed by atoms with Gasteiger partial charge in [-0.2, -0.15) is 0 Å². The van der Waals surface area contributed by atoms with Crippen molar-refractivity contribution in [1.82, 2.24) is 4.98 Å². The van der Waals surface area contributed by atoms with Crippen LogP contribution in [0.25, 0.3) is 11.3 Å². The molecule has 1 N–H and O–H groups in total. The lowest BCUT2D eigenvalue weighted by molar-refractivity contribution is 0.415. The molecule has 4 nitrogen and oxygen atoms in total. The Kier molecular flexibility index (Phi) is 5.00. The lowest BCUT2D eigenvalue weighted by Crippen LogP contribution is -2.17. The molecule has 0 radical (unpaired) electrons. The fourth-order valence-corrected chi connectivity index (χ4v) is 4.17. The Balaban J connectivity index is 1.53. The molecule has 0 bridgehead atoms. The molecule has 1 aliphatic heterocycles. The zero-order chi connectivity index (χ0) is 17.9. The van der Waals surface area contributed by atoms with E-state index in [0.29, 0.717) is 10.8 Å². The van der Waals surface area contributed by atoms with Crippen LogP contribution < -0.4 is 15.0 Å². The molecule has 1 aliphatic rings. The maximum Gasteiger partial charge on any atom is 0.187 e. The molecule has 1 fully saturated rings. The molecule has 0 atom stereocenters. The van der Waals surface area contributed by atoms with Gasteiger partial charge in [0.05, 0.1) is 17.8 Å². The van der Waals surface area contributed by atoms with Crippen LogP contribution in [0.5, 0.6) is 5.75 Å². The van der Waals surface area contributed by atoms with Crippen LogP contribution in [0.4, 0.5) is 16.5 Å². The summed E-state index contributed by atoms with van der Waals surface area (Å²) in [5.74, 6) is 0.663. The third-order valence-corrected chi connectivity index (χ3v) is 5.57. The number of hydrogen-bond donors (Lipinski definition) is 1. The van der Waals surface area contributed by atoms with Crippen molar-refractivity contribution >= 4 is 39.4 Å². The SMILES string of the molecule is COc1ccc(Nc2nc(-c3cccc(N4CCCC4)c3)cs2)cc1Cl. The van der Waals surface area contributed by atoms with E-state index in [1.54, 1.807) is 18.4 Å². The van der Waals surface area contributed by atoms with Gasteiger partial charge in [0.1, 0.15) is 5.75 Å². The van der Waals surface area contributed by atoms with Gasteiger partial charge in [-0.05, 0) is 43.2 Å². The highest BCUT2D eigenvalue weighted by Gasteiger charge is 2.13. The molecule has 2 aromatic carbocycles. The van der Waals surface area contributed by atoms with Crippen LogP contribution in [-0.2, 0) is 0 Å². The number of anilines is 3. The quantitative estimate of drug-likeness (QED) is 0.600. The van der Waals surface area contributed by atoms with Gasteiger partial charge in [-0.1, -0.05) is 23.7 Å². The minimum absolute atomic E-state index is 0.576. The van der Waals surface area contributed by atoms with Crippen molar-refractivity contribution in [3.05, 3.63) is 52.9 Å². The van der Waals surface area contributed by atoms with Crippen molar-refractivity contribution in [3.63, 3.8) is 0 Å². The predicted molar refractivity (Wildman–Crippen MR) is 110 cm³/mol. The average Bonchev–Trinajstić information content (AvgIpc) is 3.34. The minimum atomic E-state index is 0.576. The van der Waals surface area contributed by atoms with Crippen LogP contribution >= 0.6 is 22.9 Å². The van der Waals surface area contributed by atoms with E-state index in [9.17, 15) is 0 Å². The predicted octanol–water partition coefficient (Wildman–Crippen LogP) is 5.82. The van der Waals surface area contributed by atoms with Gasteiger partial charge < -0.3 is 15.0 Å². The Morgan fingerprint density at radius 1 is 1.15 bits per heavy atom. The number of benzene rings is 2. The van der Waals surface area contributed by atoms with Crippen LogP contribution in [0.1, 0.15) is 12.8 Å². The molecular weight excluding hydrogens is 366 g/mol. The second-order valence-corrected chi connectivity index (χ2v) is 7.52. The van der Waals surface area contributed by atoms with Crippen molar-refractivity contribution in [2.45, 2.75) is 12.8 Å². The van der Waals surface area contributed by atoms with E-state index in [4.69, 9.17) is 21.3 Å². The molecular formula is C20H20ClN3OS. The minimum Gasteiger partial charge on any atom is -0.495 e. The molecule has 4 rings (SSSR count). The number of methoxy groups -OCH3 is 1. The van der Waals surface area contributed by atoms with E-state index in [0.717, 1.165) is 35.2 Å². The smallest absolute Gasteiger partial charge is 0.187 e. The first-order chi connectivity index (χ1) is 12.7. The zero-order valence-electron chi connectivity index (χ0n) is 14.5. The molecule has 2 heterocycles. The van der Waals surface area contributed by atoms with Crippen molar-refractivity contribution in [1.29, 1.82) is 0 Å². The Morgan fingerprint density at radius 3 is 2.77 bits per heavy atom. The number of aromatic nitrogens is 1. The Morgan fingerprint density at radius 2 is 2.00 bits per heavy atom. The monoisotopic (exact) mass is 385 g/mol. The number of halogens is 1. The lowest BCUT2D eigenvalue weighted by atomic mass is 10.1. The maximum absolute atomic E-state index is 6.19. The van der Waals surface area contributed by atoms with E-state index >= 15 is 0 Å². The molecule has 0 unspecified atom stereocenters. The second kappa shape index (κ2) is 7.56. The molecule has 0 amide bonds. The van der Waals surface area contributed by atoms with Crippen molar-refractivity contribution in [2.24, 2.45) is 0 Å². The largest absolute Gasteiger partial charge is 0.495 e. The van der Waals surface area contributed by atoms with Gasteiger partial charge in [0.2, 0.25) is 0 Å². The summed E-state index contributed by atoms with van der Waals surface area (Å²) in [6, 6.07) is 14.3. The summed E-state index contributed by atoms with van der Waals surface area (Å²) in [4.78, 5) is 7.17. The first-order valence-electron chi connectivity index (χ1n) is 8.64. The van der Waals surface area contributed by atoms with Gasteiger partial charge in [0.25, 0.3) is 0 Å². The first-order valence-corrected chi connectivity index (χ1v) is 9.90. The number of nitrogens with one attached hydrogen (secondary N) is 1. The third-order valence-electron chi connectivity index (χ3n) is 4.52. The van der Waals surface area contributed by atoms with Gasteiger partial charge in [0.15, 0.2) is 5.13 Å². The highest BCUT2D eigenvalue weighted by atomic mass is 35.5. The van der Waals surface area contributed by atoms with Crippen LogP contribution in [-0.4, -0.2) is 25.2 Å². The van der Waals surface area contributed by atoms with Crippen LogP contribution in [0, 0.1) is 0 Å². The topological polar surface area (TPSA) is 37.4 Å². The van der Waals surface area contributed by atoms with Gasteiger partial charge >= 0.3 is 0 Å². The standard InChI is InChI=1S/C20H20ClN3OS/c1-25-19-8-7-15(12-17(19)21)22-20-23-18(13-26-20)14-5-4-6-16(11-14)24-9-2-3-10-24/h4-8,11-13H,2-3,9-10H2,1H3,(H,22,23). The van der Waals surface area contributed by atoms with E-state index in [-0.39, 0.29) is 0 Å². The fraction of sp³-hybridized carbons (Fsp3) is 0.250. The molecule has 26 heavy (non-hydrogen) atoms. The summed E-state index contributed by atoms with van der Waals surface area (Å²) in [6.45, 7) is 2.29. The van der Waals surface area contributed by atoms with Crippen molar-refractivity contribution < 1.29 is 4.74 Å². The van der Waals surface area contributed by atoms with Gasteiger partial charge in [-0.15, -0.1) is 11.3 Å². The van der Waals surface area contributed by atoms with E-state index < -0.39 is 0 Å². The first kappa shape index (κ1) is 17.2. The number of rotatable bonds is 5. The van der Waals surface area contributed by atoms with Gasteiger partial charge in [-0.3, -0.25) is 0 Å². The highest BCUT2D eigenvalue weighted by Crippen LogP contribution is 2.32. The molecule has 0 spiro atoms. The van der Waals surface area contributed by atoms with E-state index in [1.807, 2.05) is 18.2 Å². The second-order valence-electron chi connectivity index (χ2n) is 6.26. The molecule has 134 valence electrons. The van der Waals surface area contributed by atoms with Crippen LogP contribution in [0.2, 0.25) is 5.02 Å². The lowest BCUT2D eigenvalue weighted by Gasteiger charge is -2.17. The molecule has 3 aromatic rings. The molecule has 1 aromatic heterocycles. The average molecular weight is 386 g/mol. The van der Waals surface area contributed by atoms with Crippen LogP contribution in [0.15, 0.2) is 47.8 Å². The maximum atomic E-state index is 6.19. The summed E-state index contributed by atoms with van der Waals surface area (Å²) in [5, 5.41) is 6.81. The van der Waals surface area contributed by atoms with Gasteiger partial charge in [0, 0.05) is 35.4 Å². The van der Waals surface area contributed by atoms with Crippen molar-refractivity contribution in [3.8, 4) is 17.0 Å². The Labute approximate surface area is 162 Å². The third kappa shape index (κ3) is 3.64. The van der Waals surface area contributed by atoms with E-state index in [2.05, 4.69) is 39.9 Å². The summed E-state index contributed by atoms with van der Waals surface area (Å²) in [6.07, 6.45) is 2.55. The number of ether oxygens (including phenoxy) is 1. The fourth-order valence-electron chi connectivity index (χ4n) is 3.17. The van der Waals surface area contributed by atoms with Crippen LogP contribution in [0.3, 0.4) is 0 Å². The molecule has 0 saturated carbocycles. The Bertz CT molecular complexity index is 906. The summed E-state index contributed by atoms with van der Waals surface area (Å²) in [7, 11) is 1.61. The number of nitrogens with zero attached hydrogens (tertiary/aromatic N) is 2. The highest BCUT2D eigenvalue weighted by molar-refractivity contribution is 7.14. The van der Waals surface area contributed by atoms with Gasteiger partial charge in [-0.25, -0.2) is 4.98 Å². The number of hydrogen-bond acceptors (Lipinski definition) is 5. The molecule has 6 heteroatoms.